The molecule has 0 spiro atoms. The number of para-hydroxylation sites is 1. The maximum Gasteiger partial charge on any atom is 0.264 e. The number of anilines is 2. The van der Waals surface area contributed by atoms with Crippen LogP contribution < -0.4 is 9.62 Å². The number of carbonyl (C=O) groups excluding carboxylic acids is 1. The van der Waals surface area contributed by atoms with E-state index < -0.39 is 21.7 Å². The zero-order valence-corrected chi connectivity index (χ0v) is 16.7. The quantitative estimate of drug-likeness (QED) is 0.663. The molecule has 1 aliphatic rings. The van der Waals surface area contributed by atoms with E-state index in [-0.39, 0.29) is 17.1 Å². The predicted octanol–water partition coefficient (Wildman–Crippen LogP) is 4.48. The van der Waals surface area contributed by atoms with Gasteiger partial charge in [-0.15, -0.1) is 0 Å². The monoisotopic (exact) mass is 430 g/mol. The Morgan fingerprint density at radius 1 is 1.03 bits per heavy atom. The third kappa shape index (κ3) is 3.71. The molecule has 148 valence electrons. The summed E-state index contributed by atoms with van der Waals surface area (Å²) >= 11 is 5.85. The number of hydrogen-bond donors (Lipinski definition) is 1. The van der Waals surface area contributed by atoms with Gasteiger partial charge in [-0.1, -0.05) is 23.7 Å². The average molecular weight is 431 g/mol. The van der Waals surface area contributed by atoms with Crippen molar-refractivity contribution in [3.05, 3.63) is 88.7 Å². The van der Waals surface area contributed by atoms with Crippen LogP contribution >= 0.6 is 11.6 Å². The van der Waals surface area contributed by atoms with Crippen molar-refractivity contribution < 1.29 is 17.6 Å². The summed E-state index contributed by atoms with van der Waals surface area (Å²) in [6.07, 6.45) is 0.475. The Labute approximate surface area is 172 Å². The topological polar surface area (TPSA) is 66.5 Å². The van der Waals surface area contributed by atoms with Crippen LogP contribution in [0.5, 0.6) is 0 Å². The van der Waals surface area contributed by atoms with E-state index in [0.717, 1.165) is 5.56 Å². The normalized spacial score (nSPS) is 13.2. The first kappa shape index (κ1) is 19.4. The highest BCUT2D eigenvalue weighted by atomic mass is 35.5. The van der Waals surface area contributed by atoms with E-state index in [0.29, 0.717) is 22.7 Å². The molecule has 0 aromatic heterocycles. The van der Waals surface area contributed by atoms with Crippen molar-refractivity contribution in [1.82, 2.24) is 0 Å². The number of amides is 1. The van der Waals surface area contributed by atoms with E-state index in [9.17, 15) is 17.6 Å². The Bertz CT molecular complexity index is 1200. The van der Waals surface area contributed by atoms with Crippen LogP contribution in [0.15, 0.2) is 71.6 Å². The van der Waals surface area contributed by atoms with Gasteiger partial charge in [0.05, 0.1) is 16.3 Å². The summed E-state index contributed by atoms with van der Waals surface area (Å²) in [6.45, 7) is 0.276. The summed E-state index contributed by atoms with van der Waals surface area (Å²) in [6, 6.07) is 16.7. The largest absolute Gasteiger partial charge is 0.319 e. The molecule has 0 atom stereocenters. The number of nitrogens with zero attached hydrogens (tertiary/aromatic N) is 1. The van der Waals surface area contributed by atoms with E-state index in [1.165, 1.54) is 52.8 Å². The van der Waals surface area contributed by atoms with Crippen molar-refractivity contribution >= 4 is 38.9 Å². The molecular formula is C21H16ClFN2O3S. The molecular weight excluding hydrogens is 415 g/mol. The van der Waals surface area contributed by atoms with Crippen LogP contribution in [0.2, 0.25) is 5.02 Å². The fraction of sp³-hybridized carbons (Fsp3) is 0.0952. The smallest absolute Gasteiger partial charge is 0.264 e. The number of carbonyl (C=O) groups is 1. The van der Waals surface area contributed by atoms with Gasteiger partial charge >= 0.3 is 0 Å². The molecule has 3 aromatic rings. The van der Waals surface area contributed by atoms with E-state index in [4.69, 9.17) is 11.6 Å². The molecule has 0 saturated heterocycles. The molecule has 1 aliphatic heterocycles. The highest BCUT2D eigenvalue weighted by Gasteiger charge is 2.31. The molecule has 1 amide bonds. The lowest BCUT2D eigenvalue weighted by Gasteiger charge is -2.19. The summed E-state index contributed by atoms with van der Waals surface area (Å²) in [4.78, 5) is 12.6. The zero-order chi connectivity index (χ0) is 20.6. The maximum atomic E-state index is 13.8. The summed E-state index contributed by atoms with van der Waals surface area (Å²) in [5, 5.41) is 2.99. The summed E-state index contributed by atoms with van der Waals surface area (Å²) < 4.78 is 41.0. The fourth-order valence-corrected chi connectivity index (χ4v) is 4.88. The van der Waals surface area contributed by atoms with Gasteiger partial charge in [0.1, 0.15) is 5.82 Å². The second kappa shape index (κ2) is 7.50. The Morgan fingerprint density at radius 2 is 1.76 bits per heavy atom. The summed E-state index contributed by atoms with van der Waals surface area (Å²) in [5.41, 5.74) is 1.69. The molecule has 29 heavy (non-hydrogen) atoms. The van der Waals surface area contributed by atoms with Crippen LogP contribution in [0.25, 0.3) is 0 Å². The Kier molecular flexibility index (Phi) is 5.02. The minimum Gasteiger partial charge on any atom is -0.319 e. The molecule has 0 aliphatic carbocycles. The first-order valence-electron chi connectivity index (χ1n) is 8.83. The van der Waals surface area contributed by atoms with Gasteiger partial charge in [-0.2, -0.15) is 0 Å². The van der Waals surface area contributed by atoms with Crippen LogP contribution in [0.4, 0.5) is 15.8 Å². The third-order valence-corrected chi connectivity index (χ3v) is 6.80. The highest BCUT2D eigenvalue weighted by Crippen LogP contribution is 2.34. The minimum atomic E-state index is -3.73. The van der Waals surface area contributed by atoms with Gasteiger partial charge in [-0.3, -0.25) is 9.10 Å². The molecule has 5 nitrogen and oxygen atoms in total. The van der Waals surface area contributed by atoms with Crippen molar-refractivity contribution in [2.24, 2.45) is 0 Å². The van der Waals surface area contributed by atoms with Gasteiger partial charge in [0.2, 0.25) is 0 Å². The van der Waals surface area contributed by atoms with Gasteiger partial charge in [-0.25, -0.2) is 12.8 Å². The third-order valence-electron chi connectivity index (χ3n) is 4.72. The van der Waals surface area contributed by atoms with Gasteiger partial charge in [0.15, 0.2) is 0 Å². The van der Waals surface area contributed by atoms with Crippen molar-refractivity contribution in [2.75, 3.05) is 16.2 Å². The molecule has 0 radical (unpaired) electrons. The maximum absolute atomic E-state index is 13.8. The number of sulfonamides is 1. The number of benzene rings is 3. The summed E-state index contributed by atoms with van der Waals surface area (Å²) in [7, 11) is -3.73. The van der Waals surface area contributed by atoms with Crippen LogP contribution in [0.3, 0.4) is 0 Å². The SMILES string of the molecule is O=C(Nc1ccccc1F)c1ccc2c(c1)CCN2S(=O)(=O)c1ccc(Cl)cc1. The Morgan fingerprint density at radius 3 is 2.48 bits per heavy atom. The zero-order valence-electron chi connectivity index (χ0n) is 15.1. The Balaban J connectivity index is 1.60. The fourth-order valence-electron chi connectivity index (χ4n) is 3.25. The molecule has 0 unspecified atom stereocenters. The minimum absolute atomic E-state index is 0.0879. The van der Waals surface area contributed by atoms with Crippen molar-refractivity contribution in [3.8, 4) is 0 Å². The molecule has 1 N–H and O–H groups in total. The van der Waals surface area contributed by atoms with Crippen LogP contribution in [0.1, 0.15) is 15.9 Å². The van der Waals surface area contributed by atoms with E-state index >= 15 is 0 Å². The Hall–Kier alpha value is -2.90. The van der Waals surface area contributed by atoms with Crippen LogP contribution in [-0.2, 0) is 16.4 Å². The average Bonchev–Trinajstić information content (AvgIpc) is 3.14. The lowest BCUT2D eigenvalue weighted by Crippen LogP contribution is -2.29. The lowest BCUT2D eigenvalue weighted by atomic mass is 10.1. The lowest BCUT2D eigenvalue weighted by molar-refractivity contribution is 0.102. The van der Waals surface area contributed by atoms with E-state index in [1.54, 1.807) is 18.2 Å². The molecule has 3 aromatic carbocycles. The van der Waals surface area contributed by atoms with Crippen LogP contribution in [-0.4, -0.2) is 20.9 Å². The second-order valence-electron chi connectivity index (χ2n) is 6.56. The number of hydrogen-bond acceptors (Lipinski definition) is 3. The molecule has 4 rings (SSSR count). The number of halogens is 2. The molecule has 8 heteroatoms. The van der Waals surface area contributed by atoms with Crippen molar-refractivity contribution in [2.45, 2.75) is 11.3 Å². The first-order valence-corrected chi connectivity index (χ1v) is 10.7. The predicted molar refractivity (Wildman–Crippen MR) is 110 cm³/mol. The van der Waals surface area contributed by atoms with Crippen LogP contribution in [0, 0.1) is 5.82 Å². The summed E-state index contributed by atoms with van der Waals surface area (Å²) in [5.74, 6) is -0.987. The molecule has 0 bridgehead atoms. The van der Waals surface area contributed by atoms with Gasteiger partial charge < -0.3 is 5.32 Å². The number of fused-ring (bicyclic) bond motifs is 1. The van der Waals surface area contributed by atoms with Gasteiger partial charge in [0, 0.05) is 17.1 Å². The highest BCUT2D eigenvalue weighted by molar-refractivity contribution is 7.92. The first-order chi connectivity index (χ1) is 13.9. The van der Waals surface area contributed by atoms with Gasteiger partial charge in [-0.05, 0) is 66.6 Å². The van der Waals surface area contributed by atoms with E-state index in [2.05, 4.69) is 5.32 Å². The standard InChI is InChI=1S/C21H16ClFN2O3S/c22-16-6-8-17(9-7-16)29(27,28)25-12-11-14-13-15(5-10-20(14)25)21(26)24-19-4-2-1-3-18(19)23/h1-10,13H,11-12H2,(H,24,26). The number of rotatable bonds is 4. The second-order valence-corrected chi connectivity index (χ2v) is 8.86. The van der Waals surface area contributed by atoms with Crippen molar-refractivity contribution in [1.29, 1.82) is 0 Å². The van der Waals surface area contributed by atoms with Gasteiger partial charge in [0.25, 0.3) is 15.9 Å². The van der Waals surface area contributed by atoms with E-state index in [1.807, 2.05) is 0 Å². The van der Waals surface area contributed by atoms with Crippen molar-refractivity contribution in [3.63, 3.8) is 0 Å². The molecule has 1 heterocycles. The molecule has 0 saturated carbocycles. The molecule has 0 fully saturated rings. The number of nitrogens with one attached hydrogen (secondary N) is 1.